The van der Waals surface area contributed by atoms with Gasteiger partial charge in [-0.2, -0.15) is 4.98 Å². The highest BCUT2D eigenvalue weighted by molar-refractivity contribution is 5.03. The summed E-state index contributed by atoms with van der Waals surface area (Å²) in [5.41, 5.74) is 0. The van der Waals surface area contributed by atoms with Gasteiger partial charge >= 0.3 is 0 Å². The van der Waals surface area contributed by atoms with E-state index in [1.165, 1.54) is 32.1 Å². The van der Waals surface area contributed by atoms with Gasteiger partial charge in [0.2, 0.25) is 5.89 Å². The van der Waals surface area contributed by atoms with Gasteiger partial charge in [-0.1, -0.05) is 44.2 Å². The van der Waals surface area contributed by atoms with Crippen LogP contribution in [-0.4, -0.2) is 21.4 Å². The van der Waals surface area contributed by atoms with Crippen LogP contribution in [0.5, 0.6) is 0 Å². The van der Waals surface area contributed by atoms with Gasteiger partial charge < -0.3 is 9.63 Å². The highest BCUT2D eigenvalue weighted by atomic mass is 16.5. The second-order valence-electron chi connectivity index (χ2n) is 6.77. The Morgan fingerprint density at radius 2 is 1.90 bits per heavy atom. The molecule has 2 aliphatic rings. The molecule has 0 spiro atoms. The SMILES string of the molecule is CC1CCCC(c2noc(C3CCCCCC3O)n2)C1. The predicted octanol–water partition coefficient (Wildman–Crippen LogP) is 3.77. The molecule has 1 aromatic heterocycles. The van der Waals surface area contributed by atoms with Crippen LogP contribution >= 0.6 is 0 Å². The molecule has 112 valence electrons. The number of hydrogen-bond acceptors (Lipinski definition) is 4. The Kier molecular flexibility index (Phi) is 4.39. The Morgan fingerprint density at radius 1 is 1.05 bits per heavy atom. The standard InChI is InChI=1S/C16H26N2O2/c1-11-6-5-7-12(10-11)15-17-16(20-18-15)13-8-3-2-4-9-14(13)19/h11-14,19H,2-10H2,1H3. The van der Waals surface area contributed by atoms with Crippen LogP contribution in [0.3, 0.4) is 0 Å². The van der Waals surface area contributed by atoms with Crippen molar-refractivity contribution in [2.24, 2.45) is 5.92 Å². The molecule has 0 amide bonds. The second-order valence-corrected chi connectivity index (χ2v) is 6.77. The lowest BCUT2D eigenvalue weighted by Gasteiger charge is -2.24. The van der Waals surface area contributed by atoms with Gasteiger partial charge in [-0.05, 0) is 31.6 Å². The third kappa shape index (κ3) is 3.05. The lowest BCUT2D eigenvalue weighted by atomic mass is 9.82. The largest absolute Gasteiger partial charge is 0.392 e. The smallest absolute Gasteiger partial charge is 0.232 e. The molecule has 4 nitrogen and oxygen atoms in total. The van der Waals surface area contributed by atoms with Crippen LogP contribution in [0.1, 0.15) is 88.3 Å². The van der Waals surface area contributed by atoms with E-state index in [0.29, 0.717) is 11.8 Å². The summed E-state index contributed by atoms with van der Waals surface area (Å²) in [4.78, 5) is 4.65. The van der Waals surface area contributed by atoms with Crippen LogP contribution in [0.4, 0.5) is 0 Å². The average molecular weight is 278 g/mol. The minimum atomic E-state index is -0.309. The number of rotatable bonds is 2. The molecule has 1 heterocycles. The Bertz CT molecular complexity index is 432. The van der Waals surface area contributed by atoms with Crippen molar-refractivity contribution in [2.45, 2.75) is 82.7 Å². The fourth-order valence-corrected chi connectivity index (χ4v) is 3.81. The van der Waals surface area contributed by atoms with Crippen LogP contribution in [-0.2, 0) is 0 Å². The van der Waals surface area contributed by atoms with Gasteiger partial charge in [0, 0.05) is 5.92 Å². The third-order valence-electron chi connectivity index (χ3n) is 5.06. The molecule has 3 rings (SSSR count). The zero-order valence-electron chi connectivity index (χ0n) is 12.4. The molecular formula is C16H26N2O2. The molecule has 1 aromatic rings. The fraction of sp³-hybridized carbons (Fsp3) is 0.875. The van der Waals surface area contributed by atoms with E-state index in [0.717, 1.165) is 37.4 Å². The zero-order chi connectivity index (χ0) is 13.9. The van der Waals surface area contributed by atoms with Crippen molar-refractivity contribution in [3.63, 3.8) is 0 Å². The number of nitrogens with zero attached hydrogens (tertiary/aromatic N) is 2. The maximum Gasteiger partial charge on any atom is 0.232 e. The molecule has 1 N–H and O–H groups in total. The van der Waals surface area contributed by atoms with Crippen molar-refractivity contribution in [3.8, 4) is 0 Å². The van der Waals surface area contributed by atoms with E-state index < -0.39 is 0 Å². The van der Waals surface area contributed by atoms with Gasteiger partial charge in [-0.15, -0.1) is 0 Å². The van der Waals surface area contributed by atoms with Crippen LogP contribution in [0.25, 0.3) is 0 Å². The van der Waals surface area contributed by atoms with Gasteiger partial charge in [-0.25, -0.2) is 0 Å². The maximum absolute atomic E-state index is 10.2. The lowest BCUT2D eigenvalue weighted by Crippen LogP contribution is -2.17. The molecule has 4 heteroatoms. The van der Waals surface area contributed by atoms with Crippen molar-refractivity contribution in [1.82, 2.24) is 10.1 Å². The number of hydrogen-bond donors (Lipinski definition) is 1. The molecule has 4 unspecified atom stereocenters. The van der Waals surface area contributed by atoms with E-state index in [-0.39, 0.29) is 12.0 Å². The first-order chi connectivity index (χ1) is 9.74. The highest BCUT2D eigenvalue weighted by Crippen LogP contribution is 2.36. The van der Waals surface area contributed by atoms with Crippen molar-refractivity contribution in [3.05, 3.63) is 11.7 Å². The molecule has 20 heavy (non-hydrogen) atoms. The van der Waals surface area contributed by atoms with E-state index in [4.69, 9.17) is 4.52 Å². The zero-order valence-corrected chi connectivity index (χ0v) is 12.4. The topological polar surface area (TPSA) is 59.2 Å². The van der Waals surface area contributed by atoms with Crippen LogP contribution in [0.2, 0.25) is 0 Å². The van der Waals surface area contributed by atoms with Gasteiger partial charge in [0.15, 0.2) is 5.82 Å². The quantitative estimate of drug-likeness (QED) is 0.836. The van der Waals surface area contributed by atoms with Crippen LogP contribution in [0, 0.1) is 5.92 Å². The Balaban J connectivity index is 1.72. The van der Waals surface area contributed by atoms with Crippen LogP contribution in [0.15, 0.2) is 4.52 Å². The molecule has 2 fully saturated rings. The summed E-state index contributed by atoms with van der Waals surface area (Å²) in [6.07, 6.45) is 9.93. The number of aliphatic hydroxyl groups is 1. The molecule has 4 atom stereocenters. The van der Waals surface area contributed by atoms with Crippen molar-refractivity contribution in [1.29, 1.82) is 0 Å². The van der Waals surface area contributed by atoms with Crippen LogP contribution < -0.4 is 0 Å². The fourth-order valence-electron chi connectivity index (χ4n) is 3.81. The first-order valence-electron chi connectivity index (χ1n) is 8.25. The molecule has 2 saturated carbocycles. The van der Waals surface area contributed by atoms with Gasteiger partial charge in [0.1, 0.15) is 0 Å². The lowest BCUT2D eigenvalue weighted by molar-refractivity contribution is 0.119. The summed E-state index contributed by atoms with van der Waals surface area (Å²) >= 11 is 0. The first-order valence-corrected chi connectivity index (χ1v) is 8.25. The van der Waals surface area contributed by atoms with Crippen molar-refractivity contribution >= 4 is 0 Å². The van der Waals surface area contributed by atoms with Crippen molar-refractivity contribution < 1.29 is 9.63 Å². The summed E-state index contributed by atoms with van der Waals surface area (Å²) in [6.45, 7) is 2.31. The van der Waals surface area contributed by atoms with E-state index in [9.17, 15) is 5.11 Å². The highest BCUT2D eigenvalue weighted by Gasteiger charge is 2.30. The van der Waals surface area contributed by atoms with E-state index in [2.05, 4.69) is 17.1 Å². The number of aliphatic hydroxyl groups excluding tert-OH is 1. The summed E-state index contributed by atoms with van der Waals surface area (Å²) in [7, 11) is 0. The molecule has 0 aliphatic heterocycles. The summed E-state index contributed by atoms with van der Waals surface area (Å²) < 4.78 is 5.50. The molecule has 0 aromatic carbocycles. The molecule has 2 aliphatic carbocycles. The average Bonchev–Trinajstić information content (AvgIpc) is 2.82. The summed E-state index contributed by atoms with van der Waals surface area (Å²) in [5, 5.41) is 14.5. The third-order valence-corrected chi connectivity index (χ3v) is 5.06. The maximum atomic E-state index is 10.2. The summed E-state index contributed by atoms with van der Waals surface area (Å²) in [6, 6.07) is 0. The van der Waals surface area contributed by atoms with E-state index in [1.54, 1.807) is 0 Å². The van der Waals surface area contributed by atoms with Gasteiger partial charge in [-0.3, -0.25) is 0 Å². The second kappa shape index (κ2) is 6.25. The minimum absolute atomic E-state index is 0.0553. The van der Waals surface area contributed by atoms with Gasteiger partial charge in [0.05, 0.1) is 12.0 Å². The molecular weight excluding hydrogens is 252 g/mol. The van der Waals surface area contributed by atoms with E-state index in [1.807, 2.05) is 0 Å². The first kappa shape index (κ1) is 14.1. The Labute approximate surface area is 121 Å². The number of aromatic nitrogens is 2. The normalized spacial score (nSPS) is 35.7. The van der Waals surface area contributed by atoms with Gasteiger partial charge in [0.25, 0.3) is 0 Å². The molecule has 0 saturated heterocycles. The Morgan fingerprint density at radius 3 is 2.75 bits per heavy atom. The molecule has 0 bridgehead atoms. The van der Waals surface area contributed by atoms with Crippen molar-refractivity contribution in [2.75, 3.05) is 0 Å². The molecule has 0 radical (unpaired) electrons. The predicted molar refractivity (Wildman–Crippen MR) is 76.5 cm³/mol. The van der Waals surface area contributed by atoms with E-state index >= 15 is 0 Å². The monoisotopic (exact) mass is 278 g/mol. The minimum Gasteiger partial charge on any atom is -0.392 e. The summed E-state index contributed by atoms with van der Waals surface area (Å²) in [5.74, 6) is 2.83. The Hall–Kier alpha value is -0.900.